The number of aromatic amines is 1. The molecule has 1 saturated heterocycles. The molecule has 1 aromatic carbocycles. The zero-order valence-corrected chi connectivity index (χ0v) is 15.1. The first-order chi connectivity index (χ1) is 12.6. The highest BCUT2D eigenvalue weighted by Gasteiger charge is 2.29. The van der Waals surface area contributed by atoms with Gasteiger partial charge in [0.15, 0.2) is 0 Å². The average Bonchev–Trinajstić information content (AvgIpc) is 3.01. The van der Waals surface area contributed by atoms with Crippen LogP contribution >= 0.6 is 0 Å². The number of fused-ring (bicyclic) bond motifs is 3. The van der Waals surface area contributed by atoms with Crippen LogP contribution in [0.3, 0.4) is 0 Å². The third kappa shape index (κ3) is 3.16. The van der Waals surface area contributed by atoms with Crippen LogP contribution in [0.4, 0.5) is 4.79 Å². The van der Waals surface area contributed by atoms with E-state index in [0.29, 0.717) is 26.2 Å². The Morgan fingerprint density at radius 2 is 2.27 bits per heavy atom. The molecular formula is C20H25N3O3. The number of H-pyrrole nitrogens is 1. The van der Waals surface area contributed by atoms with Gasteiger partial charge in [0.25, 0.3) is 0 Å². The van der Waals surface area contributed by atoms with Gasteiger partial charge in [0.2, 0.25) is 5.91 Å². The number of cyclic esters (lactones) is 1. The van der Waals surface area contributed by atoms with Gasteiger partial charge in [0.1, 0.15) is 0 Å². The van der Waals surface area contributed by atoms with E-state index in [1.54, 1.807) is 4.90 Å². The molecule has 138 valence electrons. The average molecular weight is 355 g/mol. The summed E-state index contributed by atoms with van der Waals surface area (Å²) >= 11 is 0. The minimum Gasteiger partial charge on any atom is -0.449 e. The zero-order chi connectivity index (χ0) is 18.1. The number of ether oxygens (including phenoxy) is 1. The maximum absolute atomic E-state index is 12.8. The molecule has 1 atom stereocenters. The minimum absolute atomic E-state index is 0.0413. The van der Waals surface area contributed by atoms with Crippen LogP contribution in [-0.4, -0.2) is 48.1 Å². The fourth-order valence-electron chi connectivity index (χ4n) is 4.08. The number of nitrogens with zero attached hydrogens (tertiary/aromatic N) is 1. The number of nitrogens with one attached hydrogen (secondary N) is 2. The molecule has 2 aliphatic rings. The SMILES string of the molecule is Cc1ccc2[nH]c3c(c2c1)CCCC3C(=O)NCCN1CCCOC1=O. The highest BCUT2D eigenvalue weighted by atomic mass is 16.6. The zero-order valence-electron chi connectivity index (χ0n) is 15.1. The predicted molar refractivity (Wildman–Crippen MR) is 99.3 cm³/mol. The largest absolute Gasteiger partial charge is 0.449 e. The van der Waals surface area contributed by atoms with Crippen LogP contribution in [0.25, 0.3) is 10.9 Å². The molecule has 0 spiro atoms. The quantitative estimate of drug-likeness (QED) is 0.886. The van der Waals surface area contributed by atoms with Crippen molar-refractivity contribution in [2.24, 2.45) is 0 Å². The number of hydrogen-bond acceptors (Lipinski definition) is 3. The van der Waals surface area contributed by atoms with E-state index in [2.05, 4.69) is 35.4 Å². The van der Waals surface area contributed by atoms with Crippen LogP contribution in [0, 0.1) is 6.92 Å². The molecule has 0 bridgehead atoms. The van der Waals surface area contributed by atoms with E-state index in [9.17, 15) is 9.59 Å². The number of carbonyl (C=O) groups is 2. The molecule has 1 aliphatic heterocycles. The van der Waals surface area contributed by atoms with Crippen LogP contribution in [0.15, 0.2) is 18.2 Å². The molecule has 6 nitrogen and oxygen atoms in total. The van der Waals surface area contributed by atoms with E-state index < -0.39 is 0 Å². The van der Waals surface area contributed by atoms with Gasteiger partial charge in [-0.1, -0.05) is 11.6 Å². The molecule has 2 amide bonds. The van der Waals surface area contributed by atoms with Crippen molar-refractivity contribution < 1.29 is 14.3 Å². The van der Waals surface area contributed by atoms with Crippen LogP contribution in [0.5, 0.6) is 0 Å². The van der Waals surface area contributed by atoms with Crippen molar-refractivity contribution in [3.8, 4) is 0 Å². The first kappa shape index (κ1) is 16.9. The molecule has 1 unspecified atom stereocenters. The van der Waals surface area contributed by atoms with Crippen molar-refractivity contribution in [3.63, 3.8) is 0 Å². The molecule has 6 heteroatoms. The summed E-state index contributed by atoms with van der Waals surface area (Å²) in [5.41, 5.74) is 4.69. The van der Waals surface area contributed by atoms with Gasteiger partial charge in [-0.15, -0.1) is 0 Å². The van der Waals surface area contributed by atoms with Gasteiger partial charge in [-0.3, -0.25) is 4.79 Å². The van der Waals surface area contributed by atoms with E-state index in [1.165, 1.54) is 16.5 Å². The van der Waals surface area contributed by atoms with Crippen molar-refractivity contribution in [2.75, 3.05) is 26.2 Å². The van der Waals surface area contributed by atoms with Gasteiger partial charge in [-0.05, 0) is 50.3 Å². The van der Waals surface area contributed by atoms with E-state index in [4.69, 9.17) is 4.74 Å². The Kier molecular flexibility index (Phi) is 4.57. The topological polar surface area (TPSA) is 74.4 Å². The second-order valence-electron chi connectivity index (χ2n) is 7.26. The molecule has 1 aliphatic carbocycles. The minimum atomic E-state index is -0.281. The fraction of sp³-hybridized carbons (Fsp3) is 0.500. The molecule has 2 aromatic rings. The summed E-state index contributed by atoms with van der Waals surface area (Å²) in [6, 6.07) is 6.39. The molecular weight excluding hydrogens is 330 g/mol. The summed E-state index contributed by atoms with van der Waals surface area (Å²) in [6.07, 6.45) is 3.46. The Morgan fingerprint density at radius 3 is 3.12 bits per heavy atom. The summed E-state index contributed by atoms with van der Waals surface area (Å²) in [5, 5.41) is 4.25. The number of benzene rings is 1. The Labute approximate surface area is 152 Å². The number of rotatable bonds is 4. The first-order valence-corrected chi connectivity index (χ1v) is 9.44. The lowest BCUT2D eigenvalue weighted by molar-refractivity contribution is -0.123. The first-order valence-electron chi connectivity index (χ1n) is 9.44. The van der Waals surface area contributed by atoms with E-state index in [-0.39, 0.29) is 17.9 Å². The Hall–Kier alpha value is -2.50. The van der Waals surface area contributed by atoms with Crippen LogP contribution in [0.2, 0.25) is 0 Å². The van der Waals surface area contributed by atoms with Gasteiger partial charge in [-0.2, -0.15) is 0 Å². The standard InChI is InChI=1S/C20H25N3O3/c1-13-6-7-17-16(12-13)14-4-2-5-15(18(14)22-17)19(24)21-8-10-23-9-3-11-26-20(23)25/h6-7,12,15,22H,2-5,8-11H2,1H3,(H,21,24). The van der Waals surface area contributed by atoms with Gasteiger partial charge >= 0.3 is 6.09 Å². The number of carbonyl (C=O) groups excluding carboxylic acids is 2. The lowest BCUT2D eigenvalue weighted by Crippen LogP contribution is -2.43. The van der Waals surface area contributed by atoms with E-state index in [0.717, 1.165) is 36.9 Å². The maximum atomic E-state index is 12.8. The molecule has 0 saturated carbocycles. The Balaban J connectivity index is 1.44. The summed E-state index contributed by atoms with van der Waals surface area (Å²) in [7, 11) is 0. The molecule has 2 N–H and O–H groups in total. The monoisotopic (exact) mass is 355 g/mol. The molecule has 1 fully saturated rings. The molecule has 4 rings (SSSR count). The van der Waals surface area contributed by atoms with Crippen molar-refractivity contribution in [1.29, 1.82) is 0 Å². The summed E-state index contributed by atoms with van der Waals surface area (Å²) in [4.78, 5) is 29.5. The third-order valence-electron chi connectivity index (χ3n) is 5.42. The molecule has 0 radical (unpaired) electrons. The number of amides is 2. The van der Waals surface area contributed by atoms with E-state index >= 15 is 0 Å². The lowest BCUT2D eigenvalue weighted by atomic mass is 9.86. The number of aryl methyl sites for hydroxylation is 2. The van der Waals surface area contributed by atoms with Crippen molar-refractivity contribution >= 4 is 22.9 Å². The highest BCUT2D eigenvalue weighted by molar-refractivity contribution is 5.90. The highest BCUT2D eigenvalue weighted by Crippen LogP contribution is 2.36. The van der Waals surface area contributed by atoms with Crippen molar-refractivity contribution in [3.05, 3.63) is 35.0 Å². The van der Waals surface area contributed by atoms with Crippen LogP contribution in [-0.2, 0) is 16.0 Å². The summed E-state index contributed by atoms with van der Waals surface area (Å²) in [6.45, 7) is 4.24. The van der Waals surface area contributed by atoms with Crippen LogP contribution in [0.1, 0.15) is 42.0 Å². The van der Waals surface area contributed by atoms with Gasteiger partial charge in [0.05, 0.1) is 12.5 Å². The predicted octanol–water partition coefficient (Wildman–Crippen LogP) is 2.85. The number of aromatic nitrogens is 1. The second kappa shape index (κ2) is 7.02. The normalized spacial score (nSPS) is 20.0. The third-order valence-corrected chi connectivity index (χ3v) is 5.42. The Bertz CT molecular complexity index is 842. The molecule has 1 aromatic heterocycles. The van der Waals surface area contributed by atoms with E-state index in [1.807, 2.05) is 0 Å². The Morgan fingerprint density at radius 1 is 1.38 bits per heavy atom. The molecule has 26 heavy (non-hydrogen) atoms. The smallest absolute Gasteiger partial charge is 0.409 e. The van der Waals surface area contributed by atoms with Gasteiger partial charge < -0.3 is 19.9 Å². The molecule has 2 heterocycles. The summed E-state index contributed by atoms with van der Waals surface area (Å²) in [5.74, 6) is -0.0978. The van der Waals surface area contributed by atoms with Crippen molar-refractivity contribution in [1.82, 2.24) is 15.2 Å². The number of hydrogen-bond donors (Lipinski definition) is 2. The fourth-order valence-corrected chi connectivity index (χ4v) is 4.08. The lowest BCUT2D eigenvalue weighted by Gasteiger charge is -2.27. The maximum Gasteiger partial charge on any atom is 0.409 e. The summed E-state index contributed by atoms with van der Waals surface area (Å²) < 4.78 is 5.02. The second-order valence-corrected chi connectivity index (χ2v) is 7.26. The van der Waals surface area contributed by atoms with Crippen LogP contribution < -0.4 is 5.32 Å². The van der Waals surface area contributed by atoms with Crippen molar-refractivity contribution in [2.45, 2.75) is 38.5 Å². The van der Waals surface area contributed by atoms with Gasteiger partial charge in [0, 0.05) is 36.2 Å². The van der Waals surface area contributed by atoms with Gasteiger partial charge in [-0.25, -0.2) is 4.79 Å².